The molecular formula is C15H12N2O3. The van der Waals surface area contributed by atoms with Gasteiger partial charge in [-0.3, -0.25) is 4.79 Å². The van der Waals surface area contributed by atoms with Crippen LogP contribution >= 0.6 is 0 Å². The minimum absolute atomic E-state index is 0.194. The lowest BCUT2D eigenvalue weighted by atomic mass is 10.1. The van der Waals surface area contributed by atoms with E-state index in [4.69, 9.17) is 4.74 Å². The molecule has 1 heterocycles. The molecule has 5 nitrogen and oxygen atoms in total. The summed E-state index contributed by atoms with van der Waals surface area (Å²) in [6.07, 6.45) is 0. The number of H-pyrrole nitrogens is 1. The summed E-state index contributed by atoms with van der Waals surface area (Å²) >= 11 is 0. The first-order valence-corrected chi connectivity index (χ1v) is 6.09. The van der Waals surface area contributed by atoms with Crippen LogP contribution in [0.1, 0.15) is 5.82 Å². The number of hydrogen-bond donors (Lipinski definition) is 2. The lowest BCUT2D eigenvalue weighted by molar-refractivity contribution is 0.459. The van der Waals surface area contributed by atoms with Gasteiger partial charge in [0.15, 0.2) is 0 Å². The van der Waals surface area contributed by atoms with Gasteiger partial charge in [-0.15, -0.1) is 0 Å². The number of aromatic nitrogens is 2. The van der Waals surface area contributed by atoms with E-state index in [-0.39, 0.29) is 17.2 Å². The molecule has 100 valence electrons. The van der Waals surface area contributed by atoms with E-state index >= 15 is 0 Å². The fraction of sp³-hybridized carbons (Fsp3) is 0.0667. The Hall–Kier alpha value is -2.82. The average molecular weight is 268 g/mol. The number of aryl methyl sites for hydroxylation is 1. The Labute approximate surface area is 114 Å². The van der Waals surface area contributed by atoms with Gasteiger partial charge >= 0.3 is 0 Å². The highest BCUT2D eigenvalue weighted by Crippen LogP contribution is 2.26. The molecule has 0 aliphatic carbocycles. The molecule has 0 saturated carbocycles. The third kappa shape index (κ3) is 2.47. The van der Waals surface area contributed by atoms with Crippen LogP contribution in [0.5, 0.6) is 17.4 Å². The second-order valence-corrected chi connectivity index (χ2v) is 4.46. The van der Waals surface area contributed by atoms with Crippen molar-refractivity contribution < 1.29 is 9.84 Å². The molecule has 0 aliphatic rings. The molecule has 3 rings (SSSR count). The summed E-state index contributed by atoms with van der Waals surface area (Å²) in [6, 6.07) is 11.8. The van der Waals surface area contributed by atoms with Crippen LogP contribution in [0.4, 0.5) is 0 Å². The highest BCUT2D eigenvalue weighted by atomic mass is 16.5. The molecule has 20 heavy (non-hydrogen) atoms. The minimum Gasteiger partial charge on any atom is -0.508 e. The molecule has 0 saturated heterocycles. The van der Waals surface area contributed by atoms with Crippen LogP contribution in [0.2, 0.25) is 0 Å². The lowest BCUT2D eigenvalue weighted by Crippen LogP contribution is -2.08. The van der Waals surface area contributed by atoms with E-state index < -0.39 is 0 Å². The van der Waals surface area contributed by atoms with Crippen molar-refractivity contribution in [1.29, 1.82) is 0 Å². The normalized spacial score (nSPS) is 10.7. The van der Waals surface area contributed by atoms with Crippen LogP contribution in [0, 0.1) is 6.92 Å². The standard InChI is InChI=1S/C15H12N2O3/c1-9-16-14(19)8-15(17-9)20-13-5-3-10-2-4-12(18)6-11(10)7-13/h2-8,18H,1H3,(H,16,17,19). The molecule has 0 bridgehead atoms. The predicted octanol–water partition coefficient (Wildman–Crippen LogP) is 2.73. The van der Waals surface area contributed by atoms with Crippen molar-refractivity contribution in [3.05, 3.63) is 58.6 Å². The molecule has 0 radical (unpaired) electrons. The van der Waals surface area contributed by atoms with Gasteiger partial charge in [-0.1, -0.05) is 12.1 Å². The van der Waals surface area contributed by atoms with Gasteiger partial charge in [0.2, 0.25) is 5.88 Å². The first-order chi connectivity index (χ1) is 9.60. The Morgan fingerprint density at radius 2 is 1.90 bits per heavy atom. The van der Waals surface area contributed by atoms with E-state index in [1.165, 1.54) is 6.07 Å². The van der Waals surface area contributed by atoms with Crippen molar-refractivity contribution in [3.63, 3.8) is 0 Å². The predicted molar refractivity (Wildman–Crippen MR) is 75.3 cm³/mol. The van der Waals surface area contributed by atoms with Crippen molar-refractivity contribution in [2.24, 2.45) is 0 Å². The fourth-order valence-corrected chi connectivity index (χ4v) is 2.00. The molecule has 0 fully saturated rings. The molecular weight excluding hydrogens is 256 g/mol. The number of nitrogens with one attached hydrogen (secondary N) is 1. The van der Waals surface area contributed by atoms with Crippen molar-refractivity contribution in [2.75, 3.05) is 0 Å². The van der Waals surface area contributed by atoms with Gasteiger partial charge < -0.3 is 14.8 Å². The summed E-state index contributed by atoms with van der Waals surface area (Å²) in [5.41, 5.74) is -0.258. The highest BCUT2D eigenvalue weighted by molar-refractivity contribution is 5.85. The number of rotatable bonds is 2. The maximum absolute atomic E-state index is 11.3. The minimum atomic E-state index is -0.258. The zero-order chi connectivity index (χ0) is 14.1. The van der Waals surface area contributed by atoms with E-state index in [0.29, 0.717) is 11.6 Å². The summed E-state index contributed by atoms with van der Waals surface area (Å²) in [7, 11) is 0. The highest BCUT2D eigenvalue weighted by Gasteiger charge is 2.03. The Kier molecular flexibility index (Phi) is 2.87. The Morgan fingerprint density at radius 1 is 1.10 bits per heavy atom. The average Bonchev–Trinajstić information content (AvgIpc) is 2.37. The van der Waals surface area contributed by atoms with Gasteiger partial charge in [0.05, 0.1) is 6.07 Å². The number of ether oxygens (including phenoxy) is 1. The Balaban J connectivity index is 2.00. The van der Waals surface area contributed by atoms with E-state index in [1.54, 1.807) is 31.2 Å². The van der Waals surface area contributed by atoms with Gasteiger partial charge in [0.25, 0.3) is 5.56 Å². The summed E-state index contributed by atoms with van der Waals surface area (Å²) in [4.78, 5) is 18.0. The number of phenolic OH excluding ortho intramolecular Hbond substituents is 1. The topological polar surface area (TPSA) is 75.2 Å². The van der Waals surface area contributed by atoms with Crippen LogP contribution in [0.25, 0.3) is 10.8 Å². The third-order valence-corrected chi connectivity index (χ3v) is 2.85. The van der Waals surface area contributed by atoms with E-state index in [1.807, 2.05) is 12.1 Å². The first kappa shape index (κ1) is 12.2. The molecule has 1 aromatic heterocycles. The van der Waals surface area contributed by atoms with E-state index in [9.17, 15) is 9.90 Å². The Bertz CT molecular complexity index is 840. The Morgan fingerprint density at radius 3 is 2.70 bits per heavy atom. The largest absolute Gasteiger partial charge is 0.508 e. The van der Waals surface area contributed by atoms with Gasteiger partial charge in [0, 0.05) is 0 Å². The maximum Gasteiger partial charge on any atom is 0.254 e. The first-order valence-electron chi connectivity index (χ1n) is 6.09. The van der Waals surface area contributed by atoms with Gasteiger partial charge in [0.1, 0.15) is 17.3 Å². The van der Waals surface area contributed by atoms with Crippen LogP contribution in [0.3, 0.4) is 0 Å². The summed E-state index contributed by atoms with van der Waals surface area (Å²) < 4.78 is 5.58. The molecule has 0 spiro atoms. The molecule has 0 aliphatic heterocycles. The van der Waals surface area contributed by atoms with E-state index in [0.717, 1.165) is 10.8 Å². The number of aromatic hydroxyl groups is 1. The van der Waals surface area contributed by atoms with Crippen molar-refractivity contribution in [1.82, 2.24) is 9.97 Å². The monoisotopic (exact) mass is 268 g/mol. The van der Waals surface area contributed by atoms with Crippen LogP contribution < -0.4 is 10.3 Å². The van der Waals surface area contributed by atoms with Crippen molar-refractivity contribution >= 4 is 10.8 Å². The number of phenols is 1. The molecule has 2 aromatic carbocycles. The van der Waals surface area contributed by atoms with Crippen LogP contribution in [-0.2, 0) is 0 Å². The zero-order valence-corrected chi connectivity index (χ0v) is 10.8. The molecule has 3 aromatic rings. The smallest absolute Gasteiger partial charge is 0.254 e. The van der Waals surface area contributed by atoms with Gasteiger partial charge in [-0.05, 0) is 42.0 Å². The number of hydrogen-bond acceptors (Lipinski definition) is 4. The van der Waals surface area contributed by atoms with Crippen molar-refractivity contribution in [2.45, 2.75) is 6.92 Å². The molecule has 0 amide bonds. The fourth-order valence-electron chi connectivity index (χ4n) is 2.00. The number of nitrogens with zero attached hydrogens (tertiary/aromatic N) is 1. The van der Waals surface area contributed by atoms with Crippen LogP contribution in [-0.4, -0.2) is 15.1 Å². The van der Waals surface area contributed by atoms with Crippen LogP contribution in [0.15, 0.2) is 47.3 Å². The maximum atomic E-state index is 11.3. The zero-order valence-electron chi connectivity index (χ0n) is 10.8. The molecule has 5 heteroatoms. The number of benzene rings is 2. The molecule has 2 N–H and O–H groups in total. The van der Waals surface area contributed by atoms with E-state index in [2.05, 4.69) is 9.97 Å². The summed E-state index contributed by atoms with van der Waals surface area (Å²) in [6.45, 7) is 1.69. The van der Waals surface area contributed by atoms with Crippen molar-refractivity contribution in [3.8, 4) is 17.4 Å². The quantitative estimate of drug-likeness (QED) is 0.749. The third-order valence-electron chi connectivity index (χ3n) is 2.85. The second kappa shape index (κ2) is 4.70. The van der Waals surface area contributed by atoms with Gasteiger partial charge in [-0.25, -0.2) is 4.98 Å². The summed E-state index contributed by atoms with van der Waals surface area (Å²) in [5, 5.41) is 11.3. The SMILES string of the molecule is Cc1nc(Oc2ccc3ccc(O)cc3c2)cc(=O)[nH]1. The molecule has 0 unspecified atom stereocenters. The van der Waals surface area contributed by atoms with Gasteiger partial charge in [-0.2, -0.15) is 0 Å². The summed E-state index contributed by atoms with van der Waals surface area (Å²) in [5.74, 6) is 1.48. The molecule has 0 atom stereocenters. The second-order valence-electron chi connectivity index (χ2n) is 4.46. The number of aromatic amines is 1. The lowest BCUT2D eigenvalue weighted by Gasteiger charge is -2.06. The number of fused-ring (bicyclic) bond motifs is 1.